The second kappa shape index (κ2) is 5.83. The molecule has 142 valence electrons. The monoisotopic (exact) mass is 367 g/mol. The van der Waals surface area contributed by atoms with Crippen molar-refractivity contribution >= 4 is 22.7 Å². The number of carbonyl (C=O) groups is 2. The zero-order valence-corrected chi connectivity index (χ0v) is 15.8. The molecule has 1 aromatic heterocycles. The Morgan fingerprint density at radius 1 is 1.26 bits per heavy atom. The van der Waals surface area contributed by atoms with Gasteiger partial charge in [0.15, 0.2) is 0 Å². The van der Waals surface area contributed by atoms with Gasteiger partial charge < -0.3 is 19.5 Å². The average Bonchev–Trinajstić information content (AvgIpc) is 3.27. The van der Waals surface area contributed by atoms with Gasteiger partial charge in [-0.1, -0.05) is 18.2 Å². The van der Waals surface area contributed by atoms with Gasteiger partial charge in [-0.3, -0.25) is 9.59 Å². The minimum atomic E-state index is -0.542. The summed E-state index contributed by atoms with van der Waals surface area (Å²) in [5.41, 5.74) is 2.73. The van der Waals surface area contributed by atoms with E-state index < -0.39 is 11.6 Å². The van der Waals surface area contributed by atoms with Crippen molar-refractivity contribution < 1.29 is 14.3 Å². The van der Waals surface area contributed by atoms with Gasteiger partial charge in [-0.15, -0.1) is 0 Å². The number of benzene rings is 1. The summed E-state index contributed by atoms with van der Waals surface area (Å²) in [5.74, 6) is 0.0704. The van der Waals surface area contributed by atoms with E-state index in [4.69, 9.17) is 4.74 Å². The molecule has 1 unspecified atom stereocenters. The third kappa shape index (κ3) is 2.42. The van der Waals surface area contributed by atoms with E-state index in [0.29, 0.717) is 13.0 Å². The minimum Gasteiger partial charge on any atom is -0.376 e. The molecule has 0 saturated carbocycles. The molecule has 2 aromatic rings. The lowest BCUT2D eigenvalue weighted by molar-refractivity contribution is -0.165. The molecule has 0 radical (unpaired) electrons. The number of para-hydroxylation sites is 1. The Labute approximate surface area is 158 Å². The summed E-state index contributed by atoms with van der Waals surface area (Å²) in [4.78, 5) is 33.4. The third-order valence-corrected chi connectivity index (χ3v) is 6.38. The van der Waals surface area contributed by atoms with Gasteiger partial charge in [-0.2, -0.15) is 0 Å². The Kier molecular flexibility index (Phi) is 3.63. The maximum atomic E-state index is 13.3. The summed E-state index contributed by atoms with van der Waals surface area (Å²) in [6, 6.07) is 7.73. The molecular formula is C21H25N3O3. The number of aromatic amines is 1. The van der Waals surface area contributed by atoms with Crippen LogP contribution in [0.2, 0.25) is 0 Å². The van der Waals surface area contributed by atoms with Crippen LogP contribution in [0, 0.1) is 0 Å². The topological polar surface area (TPSA) is 65.6 Å². The van der Waals surface area contributed by atoms with E-state index in [1.54, 1.807) is 9.80 Å². The summed E-state index contributed by atoms with van der Waals surface area (Å²) in [6.07, 6.45) is 2.62. The molecule has 2 amide bonds. The van der Waals surface area contributed by atoms with Crippen LogP contribution in [0.4, 0.5) is 0 Å². The van der Waals surface area contributed by atoms with Crippen molar-refractivity contribution in [2.45, 2.75) is 50.8 Å². The number of piperazine rings is 1. The smallest absolute Gasteiger partial charge is 0.246 e. The molecule has 1 N–H and O–H groups in total. The Bertz CT molecular complexity index is 926. The van der Waals surface area contributed by atoms with E-state index in [1.807, 2.05) is 26.0 Å². The number of nitrogens with zero attached hydrogens (tertiary/aromatic N) is 2. The molecule has 2 saturated heterocycles. The number of fused-ring (bicyclic) bond motifs is 4. The molecule has 0 aliphatic carbocycles. The molecule has 1 aromatic carbocycles. The van der Waals surface area contributed by atoms with Gasteiger partial charge in [0.1, 0.15) is 6.04 Å². The second-order valence-corrected chi connectivity index (χ2v) is 8.42. The van der Waals surface area contributed by atoms with Crippen molar-refractivity contribution in [3.8, 4) is 0 Å². The maximum absolute atomic E-state index is 13.3. The highest BCUT2D eigenvalue weighted by Gasteiger charge is 2.51. The highest BCUT2D eigenvalue weighted by Crippen LogP contribution is 2.42. The highest BCUT2D eigenvalue weighted by atomic mass is 16.5. The van der Waals surface area contributed by atoms with E-state index in [1.165, 1.54) is 0 Å². The predicted molar refractivity (Wildman–Crippen MR) is 101 cm³/mol. The number of rotatable bonds is 2. The fourth-order valence-electron chi connectivity index (χ4n) is 5.13. The lowest BCUT2D eigenvalue weighted by Crippen LogP contribution is -2.67. The van der Waals surface area contributed by atoms with Crippen molar-refractivity contribution in [3.63, 3.8) is 0 Å². The second-order valence-electron chi connectivity index (χ2n) is 8.42. The number of ether oxygens (including phenoxy) is 1. The molecule has 0 spiro atoms. The van der Waals surface area contributed by atoms with E-state index in [0.717, 1.165) is 41.6 Å². The summed E-state index contributed by atoms with van der Waals surface area (Å²) in [5, 5.41) is 1.15. The lowest BCUT2D eigenvalue weighted by atomic mass is 9.82. The van der Waals surface area contributed by atoms with Crippen LogP contribution in [0.3, 0.4) is 0 Å². The number of hydrogen-bond acceptors (Lipinski definition) is 3. The third-order valence-electron chi connectivity index (χ3n) is 6.38. The quantitative estimate of drug-likeness (QED) is 0.885. The van der Waals surface area contributed by atoms with Crippen LogP contribution in [0.25, 0.3) is 10.9 Å². The Morgan fingerprint density at radius 3 is 2.85 bits per heavy atom. The van der Waals surface area contributed by atoms with Crippen LogP contribution < -0.4 is 0 Å². The molecule has 27 heavy (non-hydrogen) atoms. The zero-order chi connectivity index (χ0) is 18.8. The summed E-state index contributed by atoms with van der Waals surface area (Å²) >= 11 is 0. The van der Waals surface area contributed by atoms with E-state index in [-0.39, 0.29) is 24.5 Å². The molecule has 5 rings (SSSR count). The van der Waals surface area contributed by atoms with Crippen molar-refractivity contribution in [1.82, 2.24) is 14.8 Å². The van der Waals surface area contributed by atoms with Crippen molar-refractivity contribution in [3.05, 3.63) is 35.5 Å². The number of amides is 2. The summed E-state index contributed by atoms with van der Waals surface area (Å²) in [6.45, 7) is 5.49. The fraction of sp³-hybridized carbons (Fsp3) is 0.524. The van der Waals surface area contributed by atoms with Crippen LogP contribution in [-0.4, -0.2) is 58.4 Å². The van der Waals surface area contributed by atoms with Gasteiger partial charge in [0.2, 0.25) is 11.8 Å². The largest absolute Gasteiger partial charge is 0.376 e. The SMILES string of the molecule is CC1(C)c2[nH]c3ccccc3c2C[C@@H]2C(=O)N(CC3CCCO3)CC(=O)N21. The first-order valence-corrected chi connectivity index (χ1v) is 9.79. The molecule has 0 bridgehead atoms. The Morgan fingerprint density at radius 2 is 2.07 bits per heavy atom. The number of aromatic nitrogens is 1. The molecule has 3 aliphatic heterocycles. The molecule has 3 aliphatic rings. The standard InChI is InChI=1S/C21H25N3O3/c1-21(2)19-15(14-7-3-4-8-16(14)22-19)10-17-20(26)23(12-18(25)24(17)21)11-13-6-5-9-27-13/h3-4,7-8,13,17,22H,5-6,9-12H2,1-2H3/t13?,17-/m1/s1. The van der Waals surface area contributed by atoms with E-state index >= 15 is 0 Å². The van der Waals surface area contributed by atoms with Crippen molar-refractivity contribution in [1.29, 1.82) is 0 Å². The van der Waals surface area contributed by atoms with Crippen LogP contribution in [0.1, 0.15) is 37.9 Å². The summed E-state index contributed by atoms with van der Waals surface area (Å²) < 4.78 is 5.69. The first-order valence-electron chi connectivity index (χ1n) is 9.79. The van der Waals surface area contributed by atoms with Crippen LogP contribution in [0.15, 0.2) is 24.3 Å². The molecule has 2 atom stereocenters. The number of nitrogens with one attached hydrogen (secondary N) is 1. The maximum Gasteiger partial charge on any atom is 0.246 e. The molecule has 4 heterocycles. The average molecular weight is 367 g/mol. The van der Waals surface area contributed by atoms with E-state index in [2.05, 4.69) is 17.1 Å². The molecule has 6 nitrogen and oxygen atoms in total. The predicted octanol–water partition coefficient (Wildman–Crippen LogP) is 2.18. The Hall–Kier alpha value is -2.34. The zero-order valence-electron chi connectivity index (χ0n) is 15.8. The molecular weight excluding hydrogens is 342 g/mol. The van der Waals surface area contributed by atoms with Gasteiger partial charge in [0.25, 0.3) is 0 Å². The molecule has 2 fully saturated rings. The van der Waals surface area contributed by atoms with Gasteiger partial charge in [0.05, 0.1) is 18.2 Å². The highest BCUT2D eigenvalue weighted by molar-refractivity contribution is 5.97. The van der Waals surface area contributed by atoms with Gasteiger partial charge in [0, 0.05) is 36.2 Å². The first-order chi connectivity index (χ1) is 13.0. The summed E-state index contributed by atoms with van der Waals surface area (Å²) in [7, 11) is 0. The Balaban J connectivity index is 1.54. The first kappa shape index (κ1) is 16.8. The van der Waals surface area contributed by atoms with Crippen LogP contribution in [0.5, 0.6) is 0 Å². The number of hydrogen-bond donors (Lipinski definition) is 1. The molecule has 6 heteroatoms. The van der Waals surface area contributed by atoms with Crippen molar-refractivity contribution in [2.75, 3.05) is 19.7 Å². The lowest BCUT2D eigenvalue weighted by Gasteiger charge is -2.51. The van der Waals surface area contributed by atoms with Crippen LogP contribution in [-0.2, 0) is 26.3 Å². The van der Waals surface area contributed by atoms with Crippen molar-refractivity contribution in [2.24, 2.45) is 0 Å². The van der Waals surface area contributed by atoms with Gasteiger partial charge in [-0.05, 0) is 38.3 Å². The van der Waals surface area contributed by atoms with Crippen LogP contribution >= 0.6 is 0 Å². The number of H-pyrrole nitrogens is 1. The number of carbonyl (C=O) groups excluding carboxylic acids is 2. The van der Waals surface area contributed by atoms with Gasteiger partial charge >= 0.3 is 0 Å². The van der Waals surface area contributed by atoms with E-state index in [9.17, 15) is 9.59 Å². The van der Waals surface area contributed by atoms with Gasteiger partial charge in [-0.25, -0.2) is 0 Å². The normalized spacial score (nSPS) is 27.2. The minimum absolute atomic E-state index is 0.0203. The fourth-order valence-corrected chi connectivity index (χ4v) is 5.13.